The summed E-state index contributed by atoms with van der Waals surface area (Å²) in [4.78, 5) is 4.16. The van der Waals surface area contributed by atoms with E-state index in [0.29, 0.717) is 23.3 Å². The lowest BCUT2D eigenvalue weighted by atomic mass is 10.1. The Morgan fingerprint density at radius 1 is 1.47 bits per heavy atom. The molecule has 1 unspecified atom stereocenters. The fraction of sp³-hybridized carbons (Fsp3) is 0.500. The van der Waals surface area contributed by atoms with Crippen LogP contribution < -0.4 is 5.32 Å². The molecule has 1 N–H and O–H groups in total. The van der Waals surface area contributed by atoms with Crippen molar-refractivity contribution in [2.24, 2.45) is 5.92 Å². The van der Waals surface area contributed by atoms with Gasteiger partial charge in [-0.2, -0.15) is 5.26 Å². The second kappa shape index (κ2) is 5.35. The molecule has 0 aromatic carbocycles. The van der Waals surface area contributed by atoms with Crippen LogP contribution in [0.3, 0.4) is 0 Å². The van der Waals surface area contributed by atoms with Crippen molar-refractivity contribution in [3.05, 3.63) is 23.9 Å². The quantitative estimate of drug-likeness (QED) is 0.818. The molecule has 0 fully saturated rings. The average molecular weight is 203 g/mol. The second-order valence-electron chi connectivity index (χ2n) is 4.19. The summed E-state index contributed by atoms with van der Waals surface area (Å²) in [6.45, 7) is 6.47. The number of hydrogen-bond donors (Lipinski definition) is 1. The average Bonchev–Trinajstić information content (AvgIpc) is 2.17. The van der Waals surface area contributed by atoms with E-state index in [0.717, 1.165) is 6.42 Å². The zero-order chi connectivity index (χ0) is 11.3. The SMILES string of the molecule is CC(C)CC(C)Nc1ncccc1C#N. The van der Waals surface area contributed by atoms with Gasteiger partial charge in [-0.15, -0.1) is 0 Å². The van der Waals surface area contributed by atoms with Crippen LogP contribution in [0, 0.1) is 17.2 Å². The van der Waals surface area contributed by atoms with E-state index >= 15 is 0 Å². The highest BCUT2D eigenvalue weighted by Gasteiger charge is 2.08. The first-order valence-electron chi connectivity index (χ1n) is 5.25. The van der Waals surface area contributed by atoms with E-state index in [4.69, 9.17) is 5.26 Å². The van der Waals surface area contributed by atoms with Gasteiger partial charge in [0.15, 0.2) is 0 Å². The van der Waals surface area contributed by atoms with Crippen LogP contribution in [-0.4, -0.2) is 11.0 Å². The Hall–Kier alpha value is -1.56. The summed E-state index contributed by atoms with van der Waals surface area (Å²) >= 11 is 0. The van der Waals surface area contributed by atoms with Crippen LogP contribution in [0.4, 0.5) is 5.82 Å². The van der Waals surface area contributed by atoms with Gasteiger partial charge in [0, 0.05) is 12.2 Å². The third-order valence-electron chi connectivity index (χ3n) is 2.14. The number of anilines is 1. The topological polar surface area (TPSA) is 48.7 Å². The standard InChI is InChI=1S/C12H17N3/c1-9(2)7-10(3)15-12-11(8-13)5-4-6-14-12/h4-6,9-10H,7H2,1-3H3,(H,14,15). The predicted molar refractivity (Wildman–Crippen MR) is 61.5 cm³/mol. The highest BCUT2D eigenvalue weighted by Crippen LogP contribution is 2.14. The van der Waals surface area contributed by atoms with Crippen LogP contribution in [0.1, 0.15) is 32.8 Å². The zero-order valence-corrected chi connectivity index (χ0v) is 9.49. The third-order valence-corrected chi connectivity index (χ3v) is 2.14. The molecule has 1 atom stereocenters. The minimum atomic E-state index is 0.340. The second-order valence-corrected chi connectivity index (χ2v) is 4.19. The maximum atomic E-state index is 8.88. The summed E-state index contributed by atoms with van der Waals surface area (Å²) in [5.74, 6) is 1.33. The first-order valence-corrected chi connectivity index (χ1v) is 5.25. The number of nitrogens with zero attached hydrogens (tertiary/aromatic N) is 2. The largest absolute Gasteiger partial charge is 0.367 e. The van der Waals surface area contributed by atoms with Gasteiger partial charge in [-0.3, -0.25) is 0 Å². The molecule has 80 valence electrons. The van der Waals surface area contributed by atoms with Gasteiger partial charge in [-0.1, -0.05) is 13.8 Å². The number of nitrogens with one attached hydrogen (secondary N) is 1. The van der Waals surface area contributed by atoms with Gasteiger partial charge in [-0.05, 0) is 31.4 Å². The number of hydrogen-bond acceptors (Lipinski definition) is 3. The summed E-state index contributed by atoms with van der Waals surface area (Å²) in [5, 5.41) is 12.1. The molecule has 0 spiro atoms. The van der Waals surface area contributed by atoms with Crippen LogP contribution in [-0.2, 0) is 0 Å². The number of pyridine rings is 1. The Morgan fingerprint density at radius 3 is 2.80 bits per heavy atom. The van der Waals surface area contributed by atoms with Crippen molar-refractivity contribution in [3.8, 4) is 6.07 Å². The van der Waals surface area contributed by atoms with Gasteiger partial charge in [0.2, 0.25) is 0 Å². The number of rotatable bonds is 4. The van der Waals surface area contributed by atoms with E-state index < -0.39 is 0 Å². The molecule has 1 aromatic heterocycles. The first-order chi connectivity index (χ1) is 7.13. The van der Waals surface area contributed by atoms with E-state index in [-0.39, 0.29) is 0 Å². The predicted octanol–water partition coefficient (Wildman–Crippen LogP) is 2.80. The lowest BCUT2D eigenvalue weighted by Gasteiger charge is -2.16. The van der Waals surface area contributed by atoms with Crippen LogP contribution >= 0.6 is 0 Å². The van der Waals surface area contributed by atoms with Crippen molar-refractivity contribution >= 4 is 5.82 Å². The highest BCUT2D eigenvalue weighted by atomic mass is 15.0. The third kappa shape index (κ3) is 3.59. The van der Waals surface area contributed by atoms with E-state index in [1.165, 1.54) is 0 Å². The molecular weight excluding hydrogens is 186 g/mol. The maximum Gasteiger partial charge on any atom is 0.144 e. The van der Waals surface area contributed by atoms with E-state index in [9.17, 15) is 0 Å². The van der Waals surface area contributed by atoms with Gasteiger partial charge in [-0.25, -0.2) is 4.98 Å². The van der Waals surface area contributed by atoms with Crippen molar-refractivity contribution < 1.29 is 0 Å². The molecular formula is C12H17N3. The molecule has 0 saturated carbocycles. The summed E-state index contributed by atoms with van der Waals surface area (Å²) in [5.41, 5.74) is 0.605. The Kier molecular flexibility index (Phi) is 4.11. The van der Waals surface area contributed by atoms with Gasteiger partial charge >= 0.3 is 0 Å². The molecule has 0 amide bonds. The van der Waals surface area contributed by atoms with Crippen molar-refractivity contribution in [1.29, 1.82) is 5.26 Å². The van der Waals surface area contributed by atoms with E-state index in [1.54, 1.807) is 18.3 Å². The lowest BCUT2D eigenvalue weighted by molar-refractivity contribution is 0.539. The smallest absolute Gasteiger partial charge is 0.144 e. The maximum absolute atomic E-state index is 8.88. The summed E-state index contributed by atoms with van der Waals surface area (Å²) in [6, 6.07) is 6.02. The Morgan fingerprint density at radius 2 is 2.20 bits per heavy atom. The van der Waals surface area contributed by atoms with Crippen molar-refractivity contribution in [1.82, 2.24) is 4.98 Å². The lowest BCUT2D eigenvalue weighted by Crippen LogP contribution is -2.18. The number of nitriles is 1. The van der Waals surface area contributed by atoms with Crippen molar-refractivity contribution in [2.45, 2.75) is 33.2 Å². The summed E-state index contributed by atoms with van der Waals surface area (Å²) < 4.78 is 0. The Balaban J connectivity index is 2.68. The van der Waals surface area contributed by atoms with Crippen LogP contribution in [0.2, 0.25) is 0 Å². The zero-order valence-electron chi connectivity index (χ0n) is 9.49. The minimum absolute atomic E-state index is 0.340. The molecule has 0 aliphatic rings. The summed E-state index contributed by atoms with van der Waals surface area (Å²) in [6.07, 6.45) is 2.77. The van der Waals surface area contributed by atoms with Crippen molar-refractivity contribution in [3.63, 3.8) is 0 Å². The molecule has 1 rings (SSSR count). The van der Waals surface area contributed by atoms with Gasteiger partial charge < -0.3 is 5.32 Å². The molecule has 0 aliphatic carbocycles. The van der Waals surface area contributed by atoms with Crippen molar-refractivity contribution in [2.75, 3.05) is 5.32 Å². The molecule has 0 aliphatic heterocycles. The molecule has 3 nitrogen and oxygen atoms in total. The van der Waals surface area contributed by atoms with Crippen LogP contribution in [0.25, 0.3) is 0 Å². The Labute approximate surface area is 91.1 Å². The number of aromatic nitrogens is 1. The molecule has 1 heterocycles. The molecule has 1 aromatic rings. The molecule has 3 heteroatoms. The van der Waals surface area contributed by atoms with Gasteiger partial charge in [0.25, 0.3) is 0 Å². The minimum Gasteiger partial charge on any atom is -0.367 e. The van der Waals surface area contributed by atoms with Gasteiger partial charge in [0.1, 0.15) is 11.9 Å². The van der Waals surface area contributed by atoms with E-state index in [1.807, 2.05) is 0 Å². The molecule has 0 radical (unpaired) electrons. The fourth-order valence-electron chi connectivity index (χ4n) is 1.61. The summed E-state index contributed by atoms with van der Waals surface area (Å²) in [7, 11) is 0. The Bertz CT molecular complexity index is 352. The first kappa shape index (κ1) is 11.5. The molecule has 15 heavy (non-hydrogen) atoms. The van der Waals surface area contributed by atoms with Crippen LogP contribution in [0.5, 0.6) is 0 Å². The molecule has 0 bridgehead atoms. The van der Waals surface area contributed by atoms with E-state index in [2.05, 4.69) is 37.1 Å². The fourth-order valence-corrected chi connectivity index (χ4v) is 1.61. The monoisotopic (exact) mass is 203 g/mol. The molecule has 0 saturated heterocycles. The normalized spacial score (nSPS) is 12.2. The highest BCUT2D eigenvalue weighted by molar-refractivity contribution is 5.51. The van der Waals surface area contributed by atoms with Gasteiger partial charge in [0.05, 0.1) is 5.56 Å². The van der Waals surface area contributed by atoms with Crippen LogP contribution in [0.15, 0.2) is 18.3 Å².